The van der Waals surface area contributed by atoms with Crippen LogP contribution in [0, 0.1) is 0 Å². The van der Waals surface area contributed by atoms with Gasteiger partial charge in [0.2, 0.25) is 0 Å². The average Bonchev–Trinajstić information content (AvgIpc) is 2.81. The molecule has 31 heavy (non-hydrogen) atoms. The summed E-state index contributed by atoms with van der Waals surface area (Å²) >= 11 is 0. The quantitative estimate of drug-likeness (QED) is 0.395. The van der Waals surface area contributed by atoms with Crippen LogP contribution in [0.25, 0.3) is 0 Å². The first-order chi connectivity index (χ1) is 15.0. The summed E-state index contributed by atoms with van der Waals surface area (Å²) in [5.41, 5.74) is 11.0. The summed E-state index contributed by atoms with van der Waals surface area (Å²) < 4.78 is 10.9. The Morgan fingerprint density at radius 1 is 1.06 bits per heavy atom. The lowest BCUT2D eigenvalue weighted by Gasteiger charge is -2.26. The summed E-state index contributed by atoms with van der Waals surface area (Å²) in [6.45, 7) is 2.61. The predicted octanol–water partition coefficient (Wildman–Crippen LogP) is 4.34. The monoisotopic (exact) mass is 420 g/mol. The second-order valence-corrected chi connectivity index (χ2v) is 6.98. The van der Waals surface area contributed by atoms with Crippen LogP contribution in [0.3, 0.4) is 0 Å². The highest BCUT2D eigenvalue weighted by atomic mass is 16.5. The van der Waals surface area contributed by atoms with Crippen molar-refractivity contribution in [3.8, 4) is 11.5 Å². The molecule has 1 aromatic heterocycles. The van der Waals surface area contributed by atoms with Gasteiger partial charge in [-0.05, 0) is 37.6 Å². The molecule has 7 heteroatoms. The number of nitrogens with two attached hydrogens (primary N) is 1. The van der Waals surface area contributed by atoms with Crippen LogP contribution >= 0.6 is 0 Å². The van der Waals surface area contributed by atoms with E-state index in [0.29, 0.717) is 35.8 Å². The predicted molar refractivity (Wildman–Crippen MR) is 125 cm³/mol. The maximum Gasteiger partial charge on any atom is 0.124 e. The Balaban J connectivity index is 2.04. The lowest BCUT2D eigenvalue weighted by Crippen LogP contribution is -2.19. The Morgan fingerprint density at radius 3 is 2.42 bits per heavy atom. The van der Waals surface area contributed by atoms with Gasteiger partial charge in [0.25, 0.3) is 0 Å². The highest BCUT2D eigenvalue weighted by molar-refractivity contribution is 6.00. The molecule has 0 amide bonds. The van der Waals surface area contributed by atoms with Crippen LogP contribution in [0.2, 0.25) is 0 Å². The highest BCUT2D eigenvalue weighted by Crippen LogP contribution is 2.36. The third-order valence-corrected chi connectivity index (χ3v) is 4.88. The summed E-state index contributed by atoms with van der Waals surface area (Å²) in [5.74, 6) is 1.37. The molecule has 162 valence electrons. The van der Waals surface area contributed by atoms with Gasteiger partial charge in [-0.2, -0.15) is 0 Å². The van der Waals surface area contributed by atoms with Gasteiger partial charge in [0, 0.05) is 66.4 Å². The number of pyridine rings is 1. The first-order valence-electron chi connectivity index (χ1n) is 10.0. The van der Waals surface area contributed by atoms with Crippen molar-refractivity contribution >= 4 is 28.5 Å². The molecule has 0 saturated carbocycles. The van der Waals surface area contributed by atoms with Crippen LogP contribution in [0.1, 0.15) is 18.9 Å². The summed E-state index contributed by atoms with van der Waals surface area (Å²) in [6, 6.07) is 15.2. The third kappa shape index (κ3) is 5.52. The summed E-state index contributed by atoms with van der Waals surface area (Å²) in [5, 5.41) is 9.43. The Hall–Kier alpha value is -3.58. The number of hydrogen-bond acceptors (Lipinski definition) is 7. The SMILES string of the molecule is COc1cc(OC)cc(N(CCCO)c2ccc(N)c(/N=C(\C)c3cccnc3)c2)c1. The van der Waals surface area contributed by atoms with Crippen LogP contribution in [0.4, 0.5) is 22.7 Å². The molecule has 0 radical (unpaired) electrons. The highest BCUT2D eigenvalue weighted by Gasteiger charge is 2.14. The van der Waals surface area contributed by atoms with Gasteiger partial charge in [-0.25, -0.2) is 0 Å². The third-order valence-electron chi connectivity index (χ3n) is 4.88. The fourth-order valence-corrected chi connectivity index (χ4v) is 3.20. The molecule has 0 aliphatic heterocycles. The number of ether oxygens (including phenoxy) is 2. The number of methoxy groups -OCH3 is 2. The minimum Gasteiger partial charge on any atom is -0.497 e. The molecule has 3 aromatic rings. The lowest BCUT2D eigenvalue weighted by molar-refractivity contribution is 0.291. The van der Waals surface area contributed by atoms with E-state index in [9.17, 15) is 5.11 Å². The maximum atomic E-state index is 9.43. The molecule has 0 fully saturated rings. The normalized spacial score (nSPS) is 11.3. The first kappa shape index (κ1) is 22.1. The second kappa shape index (κ2) is 10.4. The zero-order valence-electron chi connectivity index (χ0n) is 18.1. The molecule has 0 bridgehead atoms. The van der Waals surface area contributed by atoms with Gasteiger partial charge in [-0.15, -0.1) is 0 Å². The van der Waals surface area contributed by atoms with Gasteiger partial charge in [0.15, 0.2) is 0 Å². The number of aliphatic hydroxyl groups excluding tert-OH is 1. The van der Waals surface area contributed by atoms with Crippen molar-refractivity contribution in [3.63, 3.8) is 0 Å². The number of aliphatic imine (C=N–C) groups is 1. The molecular weight excluding hydrogens is 392 g/mol. The van der Waals surface area contributed by atoms with E-state index in [1.807, 2.05) is 55.5 Å². The van der Waals surface area contributed by atoms with Crippen molar-refractivity contribution in [2.75, 3.05) is 38.0 Å². The van der Waals surface area contributed by atoms with Gasteiger partial charge in [-0.1, -0.05) is 6.07 Å². The second-order valence-electron chi connectivity index (χ2n) is 6.98. The summed E-state index contributed by atoms with van der Waals surface area (Å²) in [7, 11) is 3.24. The van der Waals surface area contributed by atoms with Gasteiger partial charge in [-0.3, -0.25) is 9.98 Å². The molecule has 0 saturated heterocycles. The molecule has 1 heterocycles. The van der Waals surface area contributed by atoms with E-state index in [4.69, 9.17) is 20.2 Å². The van der Waals surface area contributed by atoms with Gasteiger partial charge in [0.1, 0.15) is 11.5 Å². The fraction of sp³-hybridized carbons (Fsp3) is 0.250. The van der Waals surface area contributed by atoms with E-state index in [-0.39, 0.29) is 6.61 Å². The molecule has 7 nitrogen and oxygen atoms in total. The van der Waals surface area contributed by atoms with E-state index in [0.717, 1.165) is 22.6 Å². The lowest BCUT2D eigenvalue weighted by atomic mass is 10.1. The topological polar surface area (TPSA) is 93.2 Å². The van der Waals surface area contributed by atoms with Crippen molar-refractivity contribution in [1.29, 1.82) is 0 Å². The van der Waals surface area contributed by atoms with Gasteiger partial charge < -0.3 is 25.2 Å². The zero-order valence-corrected chi connectivity index (χ0v) is 18.1. The fourth-order valence-electron chi connectivity index (χ4n) is 3.20. The number of anilines is 3. The van der Waals surface area contributed by atoms with Crippen molar-refractivity contribution in [3.05, 3.63) is 66.5 Å². The zero-order chi connectivity index (χ0) is 22.2. The van der Waals surface area contributed by atoms with Crippen LogP contribution in [-0.2, 0) is 0 Å². The van der Waals surface area contributed by atoms with E-state index >= 15 is 0 Å². The Labute approximate surface area is 182 Å². The standard InChI is InChI=1S/C24H28N4O3/c1-17(18-6-4-9-26-16-18)27-24-14-19(7-8-23(24)25)28(10-5-11-29)20-12-21(30-2)15-22(13-20)31-3/h4,6-9,12-16,29H,5,10-11,25H2,1-3H3/b27-17+. The van der Waals surface area contributed by atoms with E-state index in [2.05, 4.69) is 9.88 Å². The Kier molecular flexibility index (Phi) is 7.45. The number of aliphatic hydroxyl groups is 1. The minimum atomic E-state index is 0.0811. The molecule has 0 aliphatic rings. The van der Waals surface area contributed by atoms with Crippen molar-refractivity contribution in [1.82, 2.24) is 4.98 Å². The number of rotatable bonds is 9. The molecular formula is C24H28N4O3. The largest absolute Gasteiger partial charge is 0.497 e. The molecule has 3 rings (SSSR count). The number of hydrogen-bond donors (Lipinski definition) is 2. The van der Waals surface area contributed by atoms with Gasteiger partial charge >= 0.3 is 0 Å². The minimum absolute atomic E-state index is 0.0811. The number of nitrogens with zero attached hydrogens (tertiary/aromatic N) is 3. The molecule has 2 aromatic carbocycles. The van der Waals surface area contributed by atoms with Crippen LogP contribution in [-0.4, -0.2) is 43.2 Å². The van der Waals surface area contributed by atoms with E-state index < -0.39 is 0 Å². The smallest absolute Gasteiger partial charge is 0.124 e. The van der Waals surface area contributed by atoms with E-state index in [1.54, 1.807) is 26.6 Å². The Bertz CT molecular complexity index is 1020. The average molecular weight is 421 g/mol. The molecule has 0 atom stereocenters. The molecule has 3 N–H and O–H groups in total. The molecule has 0 spiro atoms. The summed E-state index contributed by atoms with van der Waals surface area (Å²) in [6.07, 6.45) is 4.10. The van der Waals surface area contributed by atoms with Gasteiger partial charge in [0.05, 0.1) is 25.6 Å². The van der Waals surface area contributed by atoms with Crippen molar-refractivity contribution < 1.29 is 14.6 Å². The van der Waals surface area contributed by atoms with Crippen LogP contribution < -0.4 is 20.1 Å². The van der Waals surface area contributed by atoms with Crippen LogP contribution in [0.5, 0.6) is 11.5 Å². The first-order valence-corrected chi connectivity index (χ1v) is 10.0. The van der Waals surface area contributed by atoms with Crippen molar-refractivity contribution in [2.24, 2.45) is 4.99 Å². The molecule has 0 aliphatic carbocycles. The molecule has 0 unspecified atom stereocenters. The number of benzene rings is 2. The maximum absolute atomic E-state index is 9.43. The van der Waals surface area contributed by atoms with E-state index in [1.165, 1.54) is 0 Å². The number of nitrogen functional groups attached to an aromatic ring is 1. The Morgan fingerprint density at radius 2 is 1.81 bits per heavy atom. The van der Waals surface area contributed by atoms with Crippen molar-refractivity contribution in [2.45, 2.75) is 13.3 Å². The number of aromatic nitrogens is 1. The van der Waals surface area contributed by atoms with Crippen LogP contribution in [0.15, 0.2) is 65.9 Å². The summed E-state index contributed by atoms with van der Waals surface area (Å²) in [4.78, 5) is 11.0.